The standard InChI is InChI=1S/C24H16FIN2O4/c25-20-7-2-1-4-17(20)14-32-22-9-8-15(11-21(22)26)10-18(13-27)23(29)28-19-6-3-5-16(12-19)24(30)31/h1-12H,14H2,(H,28,29)(H,30,31)/b18-10-. The highest BCUT2D eigenvalue weighted by molar-refractivity contribution is 14.1. The molecule has 3 aromatic rings. The summed E-state index contributed by atoms with van der Waals surface area (Å²) in [4.78, 5) is 23.5. The van der Waals surface area contributed by atoms with Gasteiger partial charge in [-0.2, -0.15) is 5.26 Å². The second-order valence-electron chi connectivity index (χ2n) is 6.58. The van der Waals surface area contributed by atoms with Crippen molar-refractivity contribution >= 4 is 46.2 Å². The van der Waals surface area contributed by atoms with E-state index in [4.69, 9.17) is 9.84 Å². The molecule has 0 aliphatic rings. The number of benzene rings is 3. The van der Waals surface area contributed by atoms with Crippen LogP contribution in [0.1, 0.15) is 21.5 Å². The molecule has 3 aromatic carbocycles. The van der Waals surface area contributed by atoms with Crippen LogP contribution in [0.3, 0.4) is 0 Å². The number of rotatable bonds is 7. The molecule has 0 spiro atoms. The van der Waals surface area contributed by atoms with Gasteiger partial charge in [-0.15, -0.1) is 0 Å². The minimum atomic E-state index is -1.12. The van der Waals surface area contributed by atoms with Crippen molar-refractivity contribution in [3.05, 3.63) is 98.4 Å². The quantitative estimate of drug-likeness (QED) is 0.241. The number of carboxylic acids is 1. The third-order valence-electron chi connectivity index (χ3n) is 4.34. The lowest BCUT2D eigenvalue weighted by molar-refractivity contribution is -0.112. The van der Waals surface area contributed by atoms with Crippen molar-refractivity contribution in [1.29, 1.82) is 5.26 Å². The van der Waals surface area contributed by atoms with E-state index in [0.717, 1.165) is 3.57 Å². The van der Waals surface area contributed by atoms with Crippen molar-refractivity contribution in [1.82, 2.24) is 0 Å². The Hall–Kier alpha value is -3.71. The zero-order chi connectivity index (χ0) is 23.1. The van der Waals surface area contributed by atoms with E-state index in [-0.39, 0.29) is 29.2 Å². The van der Waals surface area contributed by atoms with Gasteiger partial charge in [-0.1, -0.05) is 30.3 Å². The summed E-state index contributed by atoms with van der Waals surface area (Å²) in [7, 11) is 0. The fourth-order valence-corrected chi connectivity index (χ4v) is 3.43. The third kappa shape index (κ3) is 5.92. The van der Waals surface area contributed by atoms with Gasteiger partial charge >= 0.3 is 5.97 Å². The normalized spacial score (nSPS) is 10.8. The first-order valence-electron chi connectivity index (χ1n) is 9.29. The first-order valence-corrected chi connectivity index (χ1v) is 10.4. The van der Waals surface area contributed by atoms with E-state index in [1.807, 2.05) is 6.07 Å². The third-order valence-corrected chi connectivity index (χ3v) is 5.18. The van der Waals surface area contributed by atoms with Crippen LogP contribution in [-0.4, -0.2) is 17.0 Å². The number of amides is 1. The van der Waals surface area contributed by atoms with Gasteiger partial charge in [0.1, 0.15) is 29.8 Å². The summed E-state index contributed by atoms with van der Waals surface area (Å²) in [5, 5.41) is 21.0. The molecule has 0 bridgehead atoms. The van der Waals surface area contributed by atoms with Gasteiger partial charge in [0.05, 0.1) is 9.13 Å². The van der Waals surface area contributed by atoms with Gasteiger partial charge in [-0.3, -0.25) is 4.79 Å². The Labute approximate surface area is 197 Å². The summed E-state index contributed by atoms with van der Waals surface area (Å²) >= 11 is 2.05. The molecule has 0 heterocycles. The lowest BCUT2D eigenvalue weighted by atomic mass is 10.1. The largest absolute Gasteiger partial charge is 0.488 e. The highest BCUT2D eigenvalue weighted by atomic mass is 127. The molecule has 0 saturated heterocycles. The van der Waals surface area contributed by atoms with E-state index in [1.54, 1.807) is 36.4 Å². The van der Waals surface area contributed by atoms with Crippen molar-refractivity contribution in [3.63, 3.8) is 0 Å². The Bertz CT molecular complexity index is 1250. The van der Waals surface area contributed by atoms with Gasteiger partial charge in [-0.05, 0) is 70.6 Å². The van der Waals surface area contributed by atoms with Gasteiger partial charge < -0.3 is 15.2 Å². The average molecular weight is 542 g/mol. The summed E-state index contributed by atoms with van der Waals surface area (Å²) in [6.07, 6.45) is 1.42. The average Bonchev–Trinajstić information content (AvgIpc) is 2.78. The lowest BCUT2D eigenvalue weighted by Crippen LogP contribution is -2.14. The number of nitrogens with one attached hydrogen (secondary N) is 1. The molecule has 0 aromatic heterocycles. The maximum absolute atomic E-state index is 13.7. The highest BCUT2D eigenvalue weighted by Crippen LogP contribution is 2.25. The number of anilines is 1. The van der Waals surface area contributed by atoms with E-state index in [2.05, 4.69) is 27.9 Å². The van der Waals surface area contributed by atoms with Crippen molar-refractivity contribution in [2.24, 2.45) is 0 Å². The lowest BCUT2D eigenvalue weighted by Gasteiger charge is -2.10. The summed E-state index contributed by atoms with van der Waals surface area (Å²) in [5.41, 5.74) is 1.16. The molecule has 6 nitrogen and oxygen atoms in total. The van der Waals surface area contributed by atoms with E-state index in [1.165, 1.54) is 36.4 Å². The molecule has 160 valence electrons. The van der Waals surface area contributed by atoms with Crippen LogP contribution in [0, 0.1) is 20.7 Å². The molecule has 0 aliphatic carbocycles. The summed E-state index contributed by atoms with van der Waals surface area (Å²) in [5.74, 6) is -1.59. The highest BCUT2D eigenvalue weighted by Gasteiger charge is 2.12. The Morgan fingerprint density at radius 2 is 1.91 bits per heavy atom. The zero-order valence-corrected chi connectivity index (χ0v) is 18.7. The van der Waals surface area contributed by atoms with E-state index >= 15 is 0 Å². The monoisotopic (exact) mass is 542 g/mol. The number of carboxylic acid groups (broad SMARTS) is 1. The second-order valence-corrected chi connectivity index (χ2v) is 7.74. The summed E-state index contributed by atoms with van der Waals surface area (Å²) < 4.78 is 20.2. The molecule has 3 rings (SSSR count). The maximum atomic E-state index is 13.7. The fraction of sp³-hybridized carbons (Fsp3) is 0.0417. The van der Waals surface area contributed by atoms with Crippen LogP contribution in [0.4, 0.5) is 10.1 Å². The molecule has 0 aliphatic heterocycles. The van der Waals surface area contributed by atoms with Crippen molar-refractivity contribution in [2.45, 2.75) is 6.61 Å². The maximum Gasteiger partial charge on any atom is 0.335 e. The van der Waals surface area contributed by atoms with E-state index in [0.29, 0.717) is 16.9 Å². The van der Waals surface area contributed by atoms with Crippen LogP contribution in [0.15, 0.2) is 72.3 Å². The Morgan fingerprint density at radius 1 is 1.12 bits per heavy atom. The number of ether oxygens (including phenoxy) is 1. The van der Waals surface area contributed by atoms with E-state index < -0.39 is 11.9 Å². The molecule has 0 radical (unpaired) electrons. The predicted molar refractivity (Wildman–Crippen MR) is 126 cm³/mol. The number of aromatic carboxylic acids is 1. The first kappa shape index (κ1) is 23.0. The predicted octanol–water partition coefficient (Wildman–Crippen LogP) is 5.25. The zero-order valence-electron chi connectivity index (χ0n) is 16.5. The number of nitrogens with zero attached hydrogens (tertiary/aromatic N) is 1. The molecule has 32 heavy (non-hydrogen) atoms. The number of carbonyl (C=O) groups is 2. The summed E-state index contributed by atoms with van der Waals surface area (Å²) in [6, 6.07) is 19.0. The molecule has 0 unspecified atom stereocenters. The Kier molecular flexibility index (Phi) is 7.57. The minimum absolute atomic E-state index is 0.0193. The minimum Gasteiger partial charge on any atom is -0.488 e. The fourth-order valence-electron chi connectivity index (χ4n) is 2.74. The van der Waals surface area contributed by atoms with Crippen LogP contribution in [0.5, 0.6) is 5.75 Å². The van der Waals surface area contributed by atoms with E-state index in [9.17, 15) is 19.2 Å². The van der Waals surface area contributed by atoms with Crippen LogP contribution >= 0.6 is 22.6 Å². The summed E-state index contributed by atoms with van der Waals surface area (Å²) in [6.45, 7) is 0.0686. The molecule has 2 N–H and O–H groups in total. The molecule has 0 atom stereocenters. The molecule has 1 amide bonds. The van der Waals surface area contributed by atoms with Crippen molar-refractivity contribution in [3.8, 4) is 11.8 Å². The Balaban J connectivity index is 1.73. The Morgan fingerprint density at radius 3 is 2.59 bits per heavy atom. The number of hydrogen-bond acceptors (Lipinski definition) is 4. The second kappa shape index (κ2) is 10.5. The molecule has 0 fully saturated rings. The van der Waals surface area contributed by atoms with Gasteiger partial charge in [-0.25, -0.2) is 9.18 Å². The van der Waals surface area contributed by atoms with Crippen LogP contribution < -0.4 is 10.1 Å². The SMILES string of the molecule is N#C/C(=C/c1ccc(OCc2ccccc2F)c(I)c1)C(=O)Nc1cccc(C(=O)O)c1. The van der Waals surface area contributed by atoms with Gasteiger partial charge in [0.2, 0.25) is 0 Å². The smallest absolute Gasteiger partial charge is 0.335 e. The van der Waals surface area contributed by atoms with Gasteiger partial charge in [0, 0.05) is 11.3 Å². The number of carbonyl (C=O) groups excluding carboxylic acids is 1. The molecule has 0 saturated carbocycles. The topological polar surface area (TPSA) is 99.4 Å². The molecular weight excluding hydrogens is 526 g/mol. The number of nitriles is 1. The number of halogens is 2. The van der Waals surface area contributed by atoms with Crippen molar-refractivity contribution in [2.75, 3.05) is 5.32 Å². The van der Waals surface area contributed by atoms with Gasteiger partial charge in [0.15, 0.2) is 0 Å². The van der Waals surface area contributed by atoms with Crippen LogP contribution in [0.25, 0.3) is 6.08 Å². The first-order chi connectivity index (χ1) is 15.4. The molecular formula is C24H16FIN2O4. The number of hydrogen-bond donors (Lipinski definition) is 2. The van der Waals surface area contributed by atoms with Gasteiger partial charge in [0.25, 0.3) is 5.91 Å². The van der Waals surface area contributed by atoms with Crippen LogP contribution in [-0.2, 0) is 11.4 Å². The molecule has 8 heteroatoms. The van der Waals surface area contributed by atoms with Crippen LogP contribution in [0.2, 0.25) is 0 Å². The van der Waals surface area contributed by atoms with Crippen molar-refractivity contribution < 1.29 is 23.8 Å².